The summed E-state index contributed by atoms with van der Waals surface area (Å²) in [4.78, 5) is 45.2. The molecule has 0 aromatic heterocycles. The van der Waals surface area contributed by atoms with Crippen molar-refractivity contribution >= 4 is 34.6 Å². The molecule has 4 aromatic carbocycles. The molecule has 0 heterocycles. The molecule has 0 saturated heterocycles. The van der Waals surface area contributed by atoms with E-state index in [1.165, 1.54) is 50.2 Å². The number of rotatable bonds is 14. The maximum absolute atomic E-state index is 12.3. The molecule has 2 atom stereocenters. The molecule has 2 unspecified atom stereocenters. The Labute approximate surface area is 298 Å². The Morgan fingerprint density at radius 2 is 0.962 bits per heavy atom. The zero-order valence-corrected chi connectivity index (χ0v) is 28.9. The zero-order chi connectivity index (χ0) is 38.6. The number of aryl methyl sites for hydroxylation is 2. The van der Waals surface area contributed by atoms with Crippen molar-refractivity contribution in [2.75, 3.05) is 23.8 Å². The summed E-state index contributed by atoms with van der Waals surface area (Å²) in [5.41, 5.74) is -0.826. The lowest BCUT2D eigenvalue weighted by Crippen LogP contribution is -2.45. The van der Waals surface area contributed by atoms with E-state index in [1.54, 1.807) is 62.4 Å². The van der Waals surface area contributed by atoms with Crippen LogP contribution < -0.4 is 20.1 Å². The number of aliphatic hydroxyl groups is 4. The van der Waals surface area contributed by atoms with Gasteiger partial charge in [0, 0.05) is 34.6 Å². The Morgan fingerprint density at radius 1 is 0.635 bits per heavy atom. The van der Waals surface area contributed by atoms with Crippen LogP contribution in [0.25, 0.3) is 0 Å². The first-order valence-corrected chi connectivity index (χ1v) is 15.7. The van der Waals surface area contributed by atoms with Gasteiger partial charge in [0.15, 0.2) is 11.2 Å². The highest BCUT2D eigenvalue weighted by Gasteiger charge is 2.33. The third-order valence-electron chi connectivity index (χ3n) is 7.53. The van der Waals surface area contributed by atoms with Crippen LogP contribution in [-0.2, 0) is 22.8 Å². The minimum atomic E-state index is -1.81. The summed E-state index contributed by atoms with van der Waals surface area (Å²) < 4.78 is 10.8. The van der Waals surface area contributed by atoms with E-state index in [-0.39, 0.29) is 37.8 Å². The van der Waals surface area contributed by atoms with Crippen molar-refractivity contribution in [2.45, 2.75) is 52.1 Å². The van der Waals surface area contributed by atoms with E-state index < -0.39 is 32.9 Å². The van der Waals surface area contributed by atoms with E-state index in [4.69, 9.17) is 19.7 Å². The summed E-state index contributed by atoms with van der Waals surface area (Å²) in [5, 5.41) is 65.3. The Kier molecular flexibility index (Phi) is 13.9. The van der Waals surface area contributed by atoms with E-state index in [1.807, 2.05) is 0 Å². The van der Waals surface area contributed by atoms with E-state index in [9.17, 15) is 40.0 Å². The monoisotopic (exact) mass is 720 g/mol. The van der Waals surface area contributed by atoms with E-state index >= 15 is 0 Å². The number of carbonyl (C=O) groups excluding carboxylic acids is 2. The number of nitro groups is 2. The van der Waals surface area contributed by atoms with Crippen LogP contribution in [-0.4, -0.2) is 66.5 Å². The molecule has 0 aliphatic carbocycles. The van der Waals surface area contributed by atoms with Crippen LogP contribution in [0.1, 0.15) is 36.1 Å². The molecular formula is C36H40N4O12. The fraction of sp³-hybridized carbons (Fsp3) is 0.278. The van der Waals surface area contributed by atoms with Crippen molar-refractivity contribution < 1.29 is 49.3 Å². The quantitative estimate of drug-likeness (QED) is 0.0788. The summed E-state index contributed by atoms with van der Waals surface area (Å²) in [6, 6.07) is 21.5. The smallest absolute Gasteiger partial charge is 0.272 e. The molecule has 0 fully saturated rings. The highest BCUT2D eigenvalue weighted by molar-refractivity contribution is 5.97. The normalized spacial score (nSPS) is 12.9. The molecule has 0 spiro atoms. The number of aliphatic hydroxyl groups excluding tert-OH is 2. The summed E-state index contributed by atoms with van der Waals surface area (Å²) in [6.45, 7) is 4.98. The number of benzene rings is 4. The molecule has 0 aliphatic heterocycles. The lowest BCUT2D eigenvalue weighted by molar-refractivity contribution is -0.385. The van der Waals surface area contributed by atoms with Gasteiger partial charge in [-0.3, -0.25) is 29.8 Å². The van der Waals surface area contributed by atoms with Gasteiger partial charge < -0.3 is 40.5 Å². The molecule has 52 heavy (non-hydrogen) atoms. The first-order chi connectivity index (χ1) is 24.4. The molecule has 0 aliphatic rings. The van der Waals surface area contributed by atoms with Crippen LogP contribution in [0.15, 0.2) is 84.9 Å². The molecule has 0 radical (unpaired) electrons. The van der Waals surface area contributed by atoms with Crippen LogP contribution >= 0.6 is 0 Å². The Morgan fingerprint density at radius 3 is 1.23 bits per heavy atom. The number of nitrogens with zero attached hydrogens (tertiary/aromatic N) is 2. The first-order valence-electron chi connectivity index (χ1n) is 15.7. The first kappa shape index (κ1) is 40.5. The van der Waals surface area contributed by atoms with Crippen LogP contribution in [0.5, 0.6) is 11.5 Å². The molecule has 4 rings (SSSR count). The minimum absolute atomic E-state index is 0.0515. The van der Waals surface area contributed by atoms with Crippen LogP contribution in [0.4, 0.5) is 22.7 Å². The van der Waals surface area contributed by atoms with Crippen LogP contribution in [0.2, 0.25) is 0 Å². The molecular weight excluding hydrogens is 680 g/mol. The summed E-state index contributed by atoms with van der Waals surface area (Å²) in [6.07, 6.45) is 0. The van der Waals surface area contributed by atoms with E-state index in [0.29, 0.717) is 34.0 Å². The highest BCUT2D eigenvalue weighted by atomic mass is 16.6. The van der Waals surface area contributed by atoms with Crippen LogP contribution in [0.3, 0.4) is 0 Å². The molecule has 16 nitrogen and oxygen atoms in total. The topological polar surface area (TPSA) is 244 Å². The maximum Gasteiger partial charge on any atom is 0.272 e. The van der Waals surface area contributed by atoms with Gasteiger partial charge in [0.05, 0.1) is 23.1 Å². The lowest BCUT2D eigenvalue weighted by Gasteiger charge is -2.22. The summed E-state index contributed by atoms with van der Waals surface area (Å²) >= 11 is 0. The second-order valence-corrected chi connectivity index (χ2v) is 12.2. The van der Waals surface area contributed by atoms with Crippen molar-refractivity contribution in [1.29, 1.82) is 0 Å². The number of amides is 2. The van der Waals surface area contributed by atoms with Gasteiger partial charge in [-0.05, 0) is 87.4 Å². The Bertz CT molecular complexity index is 1740. The highest BCUT2D eigenvalue weighted by Crippen LogP contribution is 2.24. The molecule has 2 amide bonds. The second kappa shape index (κ2) is 17.8. The number of anilines is 2. The van der Waals surface area contributed by atoms with Gasteiger partial charge in [-0.15, -0.1) is 0 Å². The molecule has 0 bridgehead atoms. The zero-order valence-electron chi connectivity index (χ0n) is 28.9. The largest absolute Gasteiger partial charge is 0.490 e. The standard InChI is InChI=1S/2C18H20N2O6/c2*1-12-9-14(5-8-16(12)20(24)25)19-17(22)18(2,23)11-26-15-6-3-13(10-21)4-7-15/h2*3-9,21,23H,10-11H2,1-2H3,(H,19,22). The minimum Gasteiger partial charge on any atom is -0.490 e. The molecule has 276 valence electrons. The van der Waals surface area contributed by atoms with E-state index in [2.05, 4.69) is 10.6 Å². The van der Waals surface area contributed by atoms with Gasteiger partial charge in [-0.1, -0.05) is 24.3 Å². The van der Waals surface area contributed by atoms with Gasteiger partial charge in [0.25, 0.3) is 23.2 Å². The number of nitrogens with one attached hydrogen (secondary N) is 2. The number of nitro benzene ring substituents is 2. The Hall–Kier alpha value is -5.94. The fourth-order valence-corrected chi connectivity index (χ4v) is 4.37. The number of carbonyl (C=O) groups is 2. The molecule has 6 N–H and O–H groups in total. The van der Waals surface area contributed by atoms with Crippen molar-refractivity contribution in [3.63, 3.8) is 0 Å². The van der Waals surface area contributed by atoms with Crippen molar-refractivity contribution in [3.8, 4) is 11.5 Å². The third kappa shape index (κ3) is 11.6. The predicted molar refractivity (Wildman–Crippen MR) is 190 cm³/mol. The summed E-state index contributed by atoms with van der Waals surface area (Å²) in [7, 11) is 0. The van der Waals surface area contributed by atoms with Gasteiger partial charge >= 0.3 is 0 Å². The summed E-state index contributed by atoms with van der Waals surface area (Å²) in [5.74, 6) is -0.502. The molecule has 16 heteroatoms. The van der Waals surface area contributed by atoms with Gasteiger partial charge in [0.1, 0.15) is 24.7 Å². The lowest BCUT2D eigenvalue weighted by atomic mass is 10.1. The van der Waals surface area contributed by atoms with Gasteiger partial charge in [-0.25, -0.2) is 0 Å². The van der Waals surface area contributed by atoms with Crippen LogP contribution in [0, 0.1) is 34.1 Å². The Balaban J connectivity index is 0.000000280. The van der Waals surface area contributed by atoms with Crippen molar-refractivity contribution in [2.24, 2.45) is 0 Å². The average molecular weight is 721 g/mol. The van der Waals surface area contributed by atoms with Crippen molar-refractivity contribution in [1.82, 2.24) is 0 Å². The van der Waals surface area contributed by atoms with Gasteiger partial charge in [0.2, 0.25) is 0 Å². The fourth-order valence-electron chi connectivity index (χ4n) is 4.37. The number of hydrogen-bond donors (Lipinski definition) is 6. The average Bonchev–Trinajstić information content (AvgIpc) is 3.10. The van der Waals surface area contributed by atoms with E-state index in [0.717, 1.165) is 11.1 Å². The molecule has 0 saturated carbocycles. The SMILES string of the molecule is Cc1cc(NC(=O)C(C)(O)COc2ccc(CO)cc2)ccc1[N+](=O)[O-].Cc1cc(NC(=O)C(C)(O)COc2ccc(CO)cc2)ccc1[N+](=O)[O-]. The number of hydrogen-bond acceptors (Lipinski definition) is 12. The second-order valence-electron chi connectivity index (χ2n) is 12.2. The third-order valence-corrected chi connectivity index (χ3v) is 7.53. The van der Waals surface area contributed by atoms with Gasteiger partial charge in [-0.2, -0.15) is 0 Å². The predicted octanol–water partition coefficient (Wildman–Crippen LogP) is 4.33. The van der Waals surface area contributed by atoms with Crippen molar-refractivity contribution in [3.05, 3.63) is 127 Å². The number of ether oxygens (including phenoxy) is 2. The maximum atomic E-state index is 12.3. The molecule has 4 aromatic rings.